The average molecular weight is 308 g/mol. The molecule has 2 saturated heterocycles. The summed E-state index contributed by atoms with van der Waals surface area (Å²) >= 11 is 0. The van der Waals surface area contributed by atoms with Crippen LogP contribution in [0.1, 0.15) is 6.92 Å². The van der Waals surface area contributed by atoms with E-state index in [2.05, 4.69) is 32.0 Å². The molecule has 1 aromatic rings. The van der Waals surface area contributed by atoms with E-state index < -0.39 is 0 Å². The molecule has 22 heavy (non-hydrogen) atoms. The third kappa shape index (κ3) is 3.17. The highest BCUT2D eigenvalue weighted by molar-refractivity contribution is 5.80. The second kappa shape index (κ2) is 6.97. The molecule has 0 bridgehead atoms. The molecule has 0 aromatic carbocycles. The van der Waals surface area contributed by atoms with Gasteiger partial charge in [0.15, 0.2) is 11.6 Å². The molecule has 0 aliphatic carbocycles. The number of nitrogens with two attached hydrogens (primary N) is 1. The van der Waals surface area contributed by atoms with E-state index >= 15 is 0 Å². The van der Waals surface area contributed by atoms with Gasteiger partial charge in [0.2, 0.25) is 5.95 Å². The molecule has 2 aliphatic rings. The maximum Gasteiger partial charge on any atom is 0.224 e. The van der Waals surface area contributed by atoms with Gasteiger partial charge in [0.25, 0.3) is 0 Å². The number of nitrogens with one attached hydrogen (secondary N) is 1. The Morgan fingerprint density at radius 1 is 0.955 bits per heavy atom. The molecule has 3 heterocycles. The first-order valence-electron chi connectivity index (χ1n) is 7.86. The van der Waals surface area contributed by atoms with Crippen molar-refractivity contribution in [3.8, 4) is 0 Å². The minimum Gasteiger partial charge on any atom is -0.379 e. The third-order valence-corrected chi connectivity index (χ3v) is 3.86. The first kappa shape index (κ1) is 15.1. The summed E-state index contributed by atoms with van der Waals surface area (Å²) in [4.78, 5) is 13.4. The van der Waals surface area contributed by atoms with Crippen molar-refractivity contribution in [1.82, 2.24) is 9.97 Å². The van der Waals surface area contributed by atoms with Crippen LogP contribution in [0.15, 0.2) is 0 Å². The van der Waals surface area contributed by atoms with E-state index in [0.717, 1.165) is 50.0 Å². The van der Waals surface area contributed by atoms with Crippen LogP contribution in [0.5, 0.6) is 0 Å². The lowest BCUT2D eigenvalue weighted by molar-refractivity contribution is 0.122. The summed E-state index contributed by atoms with van der Waals surface area (Å²) < 4.78 is 10.9. The molecule has 8 nitrogen and oxygen atoms in total. The van der Waals surface area contributed by atoms with E-state index in [0.29, 0.717) is 32.4 Å². The van der Waals surface area contributed by atoms with Crippen molar-refractivity contribution in [2.75, 3.05) is 80.0 Å². The molecule has 0 radical (unpaired) electrons. The molecule has 1 aromatic heterocycles. The van der Waals surface area contributed by atoms with Crippen LogP contribution in [-0.2, 0) is 9.47 Å². The van der Waals surface area contributed by atoms with Crippen LogP contribution in [0.25, 0.3) is 0 Å². The summed E-state index contributed by atoms with van der Waals surface area (Å²) in [5.41, 5.74) is 6.93. The van der Waals surface area contributed by atoms with E-state index in [1.54, 1.807) is 0 Å². The Hall–Kier alpha value is -1.80. The Morgan fingerprint density at radius 2 is 1.41 bits per heavy atom. The fraction of sp³-hybridized carbons (Fsp3) is 0.714. The molecule has 0 unspecified atom stereocenters. The molecular weight excluding hydrogens is 284 g/mol. The molecule has 0 saturated carbocycles. The number of hydrogen-bond acceptors (Lipinski definition) is 8. The van der Waals surface area contributed by atoms with Crippen molar-refractivity contribution in [2.45, 2.75) is 6.92 Å². The van der Waals surface area contributed by atoms with Gasteiger partial charge in [-0.25, -0.2) is 0 Å². The van der Waals surface area contributed by atoms with Gasteiger partial charge in [0, 0.05) is 32.7 Å². The molecular formula is C14H24N6O2. The minimum absolute atomic E-state index is 0.310. The van der Waals surface area contributed by atoms with E-state index in [1.807, 2.05) is 0 Å². The van der Waals surface area contributed by atoms with Gasteiger partial charge in [0.1, 0.15) is 5.69 Å². The summed E-state index contributed by atoms with van der Waals surface area (Å²) in [6.07, 6.45) is 0. The quantitative estimate of drug-likeness (QED) is 0.813. The fourth-order valence-electron chi connectivity index (χ4n) is 2.80. The smallest absolute Gasteiger partial charge is 0.224 e. The lowest BCUT2D eigenvalue weighted by Gasteiger charge is -2.33. The molecule has 122 valence electrons. The largest absolute Gasteiger partial charge is 0.379 e. The maximum atomic E-state index is 5.97. The number of ether oxygens (including phenoxy) is 2. The molecule has 0 atom stereocenters. The standard InChI is InChI=1S/C14H24N6O2/c1-2-16-11-12(19-3-7-21-8-4-19)17-14(15)18-13(11)20-5-9-22-10-6-20/h16H,2-10H2,1H3,(H2,15,17,18). The summed E-state index contributed by atoms with van der Waals surface area (Å²) in [5, 5.41) is 3.42. The number of nitrogens with zero attached hydrogens (tertiary/aromatic N) is 4. The fourth-order valence-corrected chi connectivity index (χ4v) is 2.80. The van der Waals surface area contributed by atoms with Gasteiger partial charge in [-0.2, -0.15) is 9.97 Å². The normalized spacial score (nSPS) is 19.3. The maximum absolute atomic E-state index is 5.97. The SMILES string of the molecule is CCNc1c(N2CCOCC2)nc(N)nc1N1CCOCC1. The van der Waals surface area contributed by atoms with E-state index in [1.165, 1.54) is 0 Å². The van der Waals surface area contributed by atoms with Gasteiger partial charge in [0.05, 0.1) is 26.4 Å². The highest BCUT2D eigenvalue weighted by atomic mass is 16.5. The Kier molecular flexibility index (Phi) is 4.79. The Morgan fingerprint density at radius 3 is 1.82 bits per heavy atom. The Bertz CT molecular complexity index is 461. The molecule has 3 N–H and O–H groups in total. The highest BCUT2D eigenvalue weighted by Gasteiger charge is 2.24. The Balaban J connectivity index is 1.97. The third-order valence-electron chi connectivity index (χ3n) is 3.86. The number of hydrogen-bond donors (Lipinski definition) is 2. The molecule has 2 aliphatic heterocycles. The highest BCUT2D eigenvalue weighted by Crippen LogP contribution is 2.34. The van der Waals surface area contributed by atoms with Gasteiger partial charge in [-0.1, -0.05) is 0 Å². The number of nitrogen functional groups attached to an aromatic ring is 1. The van der Waals surface area contributed by atoms with Crippen LogP contribution in [0.3, 0.4) is 0 Å². The topological polar surface area (TPSA) is 88.8 Å². The van der Waals surface area contributed by atoms with Gasteiger partial charge in [-0.05, 0) is 6.92 Å². The predicted octanol–water partition coefficient (Wildman–Crippen LogP) is 0.164. The average Bonchev–Trinajstić information content (AvgIpc) is 2.58. The zero-order valence-corrected chi connectivity index (χ0v) is 13.0. The van der Waals surface area contributed by atoms with Crippen LogP contribution in [-0.4, -0.2) is 69.1 Å². The number of aromatic nitrogens is 2. The van der Waals surface area contributed by atoms with Crippen LogP contribution in [0.4, 0.5) is 23.3 Å². The molecule has 3 rings (SSSR count). The van der Waals surface area contributed by atoms with Crippen LogP contribution < -0.4 is 20.9 Å². The van der Waals surface area contributed by atoms with Crippen molar-refractivity contribution >= 4 is 23.3 Å². The van der Waals surface area contributed by atoms with Crippen LogP contribution >= 0.6 is 0 Å². The van der Waals surface area contributed by atoms with E-state index in [-0.39, 0.29) is 0 Å². The van der Waals surface area contributed by atoms with Crippen LogP contribution in [0.2, 0.25) is 0 Å². The first-order chi connectivity index (χ1) is 10.8. The number of morpholine rings is 2. The molecule has 2 fully saturated rings. The van der Waals surface area contributed by atoms with Crippen LogP contribution in [0, 0.1) is 0 Å². The number of anilines is 4. The molecule has 8 heteroatoms. The van der Waals surface area contributed by atoms with E-state index in [9.17, 15) is 0 Å². The summed E-state index contributed by atoms with van der Waals surface area (Å²) in [6.45, 7) is 8.99. The van der Waals surface area contributed by atoms with Crippen molar-refractivity contribution in [3.63, 3.8) is 0 Å². The molecule has 0 amide bonds. The van der Waals surface area contributed by atoms with E-state index in [4.69, 9.17) is 15.2 Å². The minimum atomic E-state index is 0.310. The zero-order valence-electron chi connectivity index (χ0n) is 13.0. The Labute approximate surface area is 130 Å². The van der Waals surface area contributed by atoms with Gasteiger partial charge < -0.3 is 30.3 Å². The van der Waals surface area contributed by atoms with Gasteiger partial charge in [-0.3, -0.25) is 0 Å². The van der Waals surface area contributed by atoms with Crippen molar-refractivity contribution in [2.24, 2.45) is 0 Å². The zero-order chi connectivity index (χ0) is 15.4. The first-order valence-corrected chi connectivity index (χ1v) is 7.86. The second-order valence-corrected chi connectivity index (χ2v) is 5.33. The van der Waals surface area contributed by atoms with Crippen molar-refractivity contribution < 1.29 is 9.47 Å². The van der Waals surface area contributed by atoms with Crippen molar-refractivity contribution in [1.29, 1.82) is 0 Å². The number of rotatable bonds is 4. The lowest BCUT2D eigenvalue weighted by Crippen LogP contribution is -2.40. The summed E-state index contributed by atoms with van der Waals surface area (Å²) in [5.74, 6) is 2.06. The molecule has 0 spiro atoms. The predicted molar refractivity (Wildman–Crippen MR) is 86.7 cm³/mol. The second-order valence-electron chi connectivity index (χ2n) is 5.33. The van der Waals surface area contributed by atoms with Gasteiger partial charge in [-0.15, -0.1) is 0 Å². The summed E-state index contributed by atoms with van der Waals surface area (Å²) in [6, 6.07) is 0. The monoisotopic (exact) mass is 308 g/mol. The lowest BCUT2D eigenvalue weighted by atomic mass is 10.3. The van der Waals surface area contributed by atoms with Crippen molar-refractivity contribution in [3.05, 3.63) is 0 Å². The summed E-state index contributed by atoms with van der Waals surface area (Å²) in [7, 11) is 0. The van der Waals surface area contributed by atoms with Gasteiger partial charge >= 0.3 is 0 Å².